The maximum Gasteiger partial charge on any atom is 0.333 e. The van der Waals surface area contributed by atoms with Crippen molar-refractivity contribution in [2.45, 2.75) is 26.3 Å². The van der Waals surface area contributed by atoms with Gasteiger partial charge in [-0.2, -0.15) is 0 Å². The largest absolute Gasteiger partial charge is 0.487 e. The minimum absolute atomic E-state index is 0.0144. The summed E-state index contributed by atoms with van der Waals surface area (Å²) in [5.41, 5.74) is 6.00. The number of hydrogen-bond donors (Lipinski definition) is 2. The number of ether oxygens (including phenoxy) is 1. The zero-order valence-electron chi connectivity index (χ0n) is 10.7. The first-order valence-electron chi connectivity index (χ1n) is 6.00. The molecule has 0 aliphatic rings. The molecule has 0 radical (unpaired) electrons. The summed E-state index contributed by atoms with van der Waals surface area (Å²) in [4.78, 5) is 10.7. The Bertz CT molecular complexity index is 406. The van der Waals surface area contributed by atoms with E-state index in [-0.39, 0.29) is 17.5 Å². The van der Waals surface area contributed by atoms with Gasteiger partial charge in [-0.25, -0.2) is 0 Å². The molecule has 0 aromatic heterocycles. The summed E-state index contributed by atoms with van der Waals surface area (Å²) in [6.45, 7) is 4.58. The van der Waals surface area contributed by atoms with Crippen molar-refractivity contribution in [1.82, 2.24) is 0 Å². The van der Waals surface area contributed by atoms with Gasteiger partial charge in [0.05, 0.1) is 11.5 Å². The fourth-order valence-corrected chi connectivity index (χ4v) is 1.65. The van der Waals surface area contributed by atoms with Crippen molar-refractivity contribution in [2.24, 2.45) is 5.73 Å². The van der Waals surface area contributed by atoms with Gasteiger partial charge in [0.2, 0.25) is 0 Å². The molecule has 0 fully saturated rings. The van der Waals surface area contributed by atoms with Crippen LogP contribution in [0.25, 0.3) is 0 Å². The number of nitrogens with zero attached hydrogens (tertiary/aromatic N) is 1. The lowest BCUT2D eigenvalue weighted by Gasteiger charge is -2.17. The van der Waals surface area contributed by atoms with Crippen LogP contribution < -0.4 is 15.8 Å². The molecule has 1 rings (SSSR count). The minimum Gasteiger partial charge on any atom is -0.487 e. The molecular weight excluding hydrogens is 234 g/mol. The summed E-state index contributed by atoms with van der Waals surface area (Å²) >= 11 is 0. The smallest absolute Gasteiger partial charge is 0.333 e. The normalized spacial score (nSPS) is 11.9. The van der Waals surface area contributed by atoms with Crippen LogP contribution in [-0.2, 0) is 0 Å². The molecule has 0 spiro atoms. The summed E-state index contributed by atoms with van der Waals surface area (Å²) in [7, 11) is 0. The molecule has 0 bridgehead atoms. The number of nitrogens with two attached hydrogens (primary N) is 1. The molecular formula is C12H19N3O3. The molecule has 0 amide bonds. The Balaban J connectivity index is 3.09. The summed E-state index contributed by atoms with van der Waals surface area (Å²) in [5, 5.41) is 14.2. The van der Waals surface area contributed by atoms with E-state index < -0.39 is 4.92 Å². The number of nitro groups is 1. The fourth-order valence-electron chi connectivity index (χ4n) is 1.65. The van der Waals surface area contributed by atoms with Gasteiger partial charge < -0.3 is 15.8 Å². The van der Waals surface area contributed by atoms with E-state index >= 15 is 0 Å². The third kappa shape index (κ3) is 3.33. The van der Waals surface area contributed by atoms with E-state index in [2.05, 4.69) is 5.32 Å². The Morgan fingerprint density at radius 3 is 2.72 bits per heavy atom. The molecule has 6 heteroatoms. The standard InChI is InChI=1S/C12H19N3O3/c1-3-9(8-13)14-10-6-5-7-11(18-4-2)12(10)15(16)17/h5-7,9,14H,3-4,8,13H2,1-2H3. The van der Waals surface area contributed by atoms with Gasteiger partial charge in [0.15, 0.2) is 5.75 Å². The Kier molecular flexibility index (Phi) is 5.38. The van der Waals surface area contributed by atoms with Crippen molar-refractivity contribution in [3.63, 3.8) is 0 Å². The van der Waals surface area contributed by atoms with Crippen LogP contribution in [0.4, 0.5) is 11.4 Å². The predicted molar refractivity (Wildman–Crippen MR) is 71.0 cm³/mol. The SMILES string of the molecule is CCOc1cccc(NC(CC)CN)c1[N+](=O)[O-]. The highest BCUT2D eigenvalue weighted by Crippen LogP contribution is 2.35. The Morgan fingerprint density at radius 1 is 1.50 bits per heavy atom. The quantitative estimate of drug-likeness (QED) is 0.574. The summed E-state index contributed by atoms with van der Waals surface area (Å²) in [6, 6.07) is 5.00. The highest BCUT2D eigenvalue weighted by atomic mass is 16.6. The molecule has 3 N–H and O–H groups in total. The first kappa shape index (κ1) is 14.2. The van der Waals surface area contributed by atoms with Crippen LogP contribution in [0.3, 0.4) is 0 Å². The molecule has 0 aliphatic carbocycles. The number of nitro benzene ring substituents is 1. The summed E-state index contributed by atoms with van der Waals surface area (Å²) in [6.07, 6.45) is 0.798. The third-order valence-corrected chi connectivity index (χ3v) is 2.62. The van der Waals surface area contributed by atoms with E-state index in [4.69, 9.17) is 10.5 Å². The van der Waals surface area contributed by atoms with Gasteiger partial charge in [0, 0.05) is 12.6 Å². The predicted octanol–water partition coefficient (Wildman–Crippen LogP) is 2.14. The molecule has 100 valence electrons. The van der Waals surface area contributed by atoms with Crippen LogP contribution in [0.1, 0.15) is 20.3 Å². The van der Waals surface area contributed by atoms with Crippen LogP contribution in [-0.4, -0.2) is 24.1 Å². The van der Waals surface area contributed by atoms with Crippen LogP contribution in [0.5, 0.6) is 5.75 Å². The van der Waals surface area contributed by atoms with Crippen LogP contribution in [0, 0.1) is 10.1 Å². The van der Waals surface area contributed by atoms with Crippen molar-refractivity contribution < 1.29 is 9.66 Å². The van der Waals surface area contributed by atoms with Crippen molar-refractivity contribution >= 4 is 11.4 Å². The highest BCUT2D eigenvalue weighted by molar-refractivity contribution is 5.68. The zero-order valence-corrected chi connectivity index (χ0v) is 10.7. The highest BCUT2D eigenvalue weighted by Gasteiger charge is 2.21. The Morgan fingerprint density at radius 2 is 2.22 bits per heavy atom. The molecule has 0 heterocycles. The minimum atomic E-state index is -0.434. The fraction of sp³-hybridized carbons (Fsp3) is 0.500. The Labute approximate surface area is 106 Å². The average molecular weight is 253 g/mol. The molecule has 1 aromatic carbocycles. The number of rotatable bonds is 7. The average Bonchev–Trinajstić information content (AvgIpc) is 2.36. The molecule has 6 nitrogen and oxygen atoms in total. The van der Waals surface area contributed by atoms with E-state index in [1.54, 1.807) is 25.1 Å². The molecule has 18 heavy (non-hydrogen) atoms. The van der Waals surface area contributed by atoms with Gasteiger partial charge in [0.1, 0.15) is 5.69 Å². The van der Waals surface area contributed by atoms with E-state index in [0.717, 1.165) is 6.42 Å². The van der Waals surface area contributed by atoms with Gasteiger partial charge in [-0.3, -0.25) is 10.1 Å². The molecule has 0 aliphatic heterocycles. The lowest BCUT2D eigenvalue weighted by Crippen LogP contribution is -2.28. The van der Waals surface area contributed by atoms with Crippen molar-refractivity contribution in [3.05, 3.63) is 28.3 Å². The second-order valence-electron chi connectivity index (χ2n) is 3.83. The third-order valence-electron chi connectivity index (χ3n) is 2.62. The van der Waals surface area contributed by atoms with E-state index in [1.165, 1.54) is 0 Å². The van der Waals surface area contributed by atoms with E-state index in [0.29, 0.717) is 18.8 Å². The van der Waals surface area contributed by atoms with Crippen molar-refractivity contribution in [2.75, 3.05) is 18.5 Å². The summed E-state index contributed by atoms with van der Waals surface area (Å²) in [5.74, 6) is 0.277. The summed E-state index contributed by atoms with van der Waals surface area (Å²) < 4.78 is 5.27. The number of para-hydroxylation sites is 1. The molecule has 1 unspecified atom stereocenters. The zero-order chi connectivity index (χ0) is 13.5. The van der Waals surface area contributed by atoms with Gasteiger partial charge >= 0.3 is 5.69 Å². The Hall–Kier alpha value is -1.82. The van der Waals surface area contributed by atoms with Gasteiger partial charge in [-0.05, 0) is 25.5 Å². The maximum absolute atomic E-state index is 11.1. The van der Waals surface area contributed by atoms with E-state index in [9.17, 15) is 10.1 Å². The number of anilines is 1. The van der Waals surface area contributed by atoms with Crippen LogP contribution >= 0.6 is 0 Å². The number of hydrogen-bond acceptors (Lipinski definition) is 5. The van der Waals surface area contributed by atoms with Gasteiger partial charge in [0.25, 0.3) is 0 Å². The van der Waals surface area contributed by atoms with Crippen LogP contribution in [0.15, 0.2) is 18.2 Å². The molecule has 1 atom stereocenters. The van der Waals surface area contributed by atoms with Crippen molar-refractivity contribution in [1.29, 1.82) is 0 Å². The topological polar surface area (TPSA) is 90.4 Å². The number of benzene rings is 1. The molecule has 1 aromatic rings. The van der Waals surface area contributed by atoms with Crippen molar-refractivity contribution in [3.8, 4) is 5.75 Å². The lowest BCUT2D eigenvalue weighted by molar-refractivity contribution is -0.385. The second-order valence-corrected chi connectivity index (χ2v) is 3.83. The molecule has 0 saturated carbocycles. The van der Waals surface area contributed by atoms with Gasteiger partial charge in [-0.1, -0.05) is 13.0 Å². The maximum atomic E-state index is 11.1. The second kappa shape index (κ2) is 6.80. The number of nitrogens with one attached hydrogen (secondary N) is 1. The first-order chi connectivity index (χ1) is 8.63. The van der Waals surface area contributed by atoms with Gasteiger partial charge in [-0.15, -0.1) is 0 Å². The lowest BCUT2D eigenvalue weighted by atomic mass is 10.2. The van der Waals surface area contributed by atoms with E-state index in [1.807, 2.05) is 6.92 Å². The first-order valence-corrected chi connectivity index (χ1v) is 6.00. The monoisotopic (exact) mass is 253 g/mol. The molecule has 0 saturated heterocycles. The van der Waals surface area contributed by atoms with Crippen LogP contribution in [0.2, 0.25) is 0 Å².